The van der Waals surface area contributed by atoms with E-state index in [4.69, 9.17) is 4.74 Å². The molecule has 2 N–H and O–H groups in total. The standard InChI is InChI=1S/C15H18N4O4/c1-19(15(22)12-6-7-13(20)18-17-12)9-14(21)16-10-4-3-5-11(8-10)23-2/h3-5,8H,6-7,9H2,1-2H3,(H,16,21)(H,18,20). The van der Waals surface area contributed by atoms with Crippen molar-refractivity contribution in [3.63, 3.8) is 0 Å². The first kappa shape index (κ1) is 16.5. The van der Waals surface area contributed by atoms with Crippen molar-refractivity contribution in [3.8, 4) is 5.75 Å². The lowest BCUT2D eigenvalue weighted by molar-refractivity contribution is -0.128. The number of nitrogens with one attached hydrogen (secondary N) is 2. The molecule has 0 aliphatic carbocycles. The van der Waals surface area contributed by atoms with Crippen molar-refractivity contribution in [2.75, 3.05) is 26.0 Å². The predicted octanol–water partition coefficient (Wildman–Crippen LogP) is 0.358. The summed E-state index contributed by atoms with van der Waals surface area (Å²) >= 11 is 0. The molecule has 0 radical (unpaired) electrons. The lowest BCUT2D eigenvalue weighted by Gasteiger charge is -2.19. The number of benzene rings is 1. The first-order valence-corrected chi connectivity index (χ1v) is 7.04. The maximum Gasteiger partial charge on any atom is 0.270 e. The summed E-state index contributed by atoms with van der Waals surface area (Å²) in [6.45, 7) is -0.122. The zero-order chi connectivity index (χ0) is 16.8. The van der Waals surface area contributed by atoms with Crippen LogP contribution in [0.4, 0.5) is 5.69 Å². The maximum absolute atomic E-state index is 12.1. The second-order valence-electron chi connectivity index (χ2n) is 5.03. The number of carbonyl (C=O) groups excluding carboxylic acids is 3. The van der Waals surface area contributed by atoms with Crippen LogP contribution >= 0.6 is 0 Å². The molecular formula is C15H18N4O4. The Morgan fingerprint density at radius 3 is 2.83 bits per heavy atom. The van der Waals surface area contributed by atoms with Gasteiger partial charge in [-0.3, -0.25) is 14.4 Å². The van der Waals surface area contributed by atoms with Crippen LogP contribution in [0.15, 0.2) is 29.4 Å². The number of hydrazone groups is 1. The number of nitrogens with zero attached hydrogens (tertiary/aromatic N) is 2. The third-order valence-electron chi connectivity index (χ3n) is 3.23. The van der Waals surface area contributed by atoms with Crippen LogP contribution in [0, 0.1) is 0 Å². The van der Waals surface area contributed by atoms with Crippen molar-refractivity contribution in [1.82, 2.24) is 10.3 Å². The first-order chi connectivity index (χ1) is 11.0. The summed E-state index contributed by atoms with van der Waals surface area (Å²) in [5.41, 5.74) is 3.08. The van der Waals surface area contributed by atoms with E-state index in [2.05, 4.69) is 15.8 Å². The van der Waals surface area contributed by atoms with Gasteiger partial charge < -0.3 is 15.0 Å². The zero-order valence-corrected chi connectivity index (χ0v) is 13.0. The van der Waals surface area contributed by atoms with Crippen molar-refractivity contribution in [2.45, 2.75) is 12.8 Å². The molecule has 8 nitrogen and oxygen atoms in total. The highest BCUT2D eigenvalue weighted by Crippen LogP contribution is 2.16. The van der Waals surface area contributed by atoms with Crippen molar-refractivity contribution in [2.24, 2.45) is 5.10 Å². The second kappa shape index (κ2) is 7.39. The monoisotopic (exact) mass is 318 g/mol. The van der Waals surface area contributed by atoms with E-state index in [-0.39, 0.29) is 42.8 Å². The quantitative estimate of drug-likeness (QED) is 0.818. The lowest BCUT2D eigenvalue weighted by atomic mass is 10.1. The molecule has 0 saturated heterocycles. The van der Waals surface area contributed by atoms with Gasteiger partial charge in [0.05, 0.1) is 13.7 Å². The summed E-state index contributed by atoms with van der Waals surface area (Å²) in [5.74, 6) is -0.320. The Kier molecular flexibility index (Phi) is 5.29. The van der Waals surface area contributed by atoms with Crippen molar-refractivity contribution in [3.05, 3.63) is 24.3 Å². The Balaban J connectivity index is 1.91. The van der Waals surface area contributed by atoms with Crippen LogP contribution in [0.2, 0.25) is 0 Å². The highest BCUT2D eigenvalue weighted by atomic mass is 16.5. The number of carbonyl (C=O) groups is 3. The van der Waals surface area contributed by atoms with Gasteiger partial charge in [0.2, 0.25) is 11.8 Å². The Morgan fingerprint density at radius 2 is 2.17 bits per heavy atom. The van der Waals surface area contributed by atoms with Gasteiger partial charge in [0.1, 0.15) is 11.5 Å². The molecule has 122 valence electrons. The SMILES string of the molecule is COc1cccc(NC(=O)CN(C)C(=O)C2=NNC(=O)CC2)c1. The molecular weight excluding hydrogens is 300 g/mol. The summed E-state index contributed by atoms with van der Waals surface area (Å²) in [4.78, 5) is 36.4. The molecule has 1 aromatic rings. The van der Waals surface area contributed by atoms with Crippen LogP contribution in [-0.4, -0.2) is 49.0 Å². The van der Waals surface area contributed by atoms with Crippen LogP contribution in [0.3, 0.4) is 0 Å². The van der Waals surface area contributed by atoms with Gasteiger partial charge in [-0.25, -0.2) is 5.43 Å². The smallest absolute Gasteiger partial charge is 0.270 e. The summed E-state index contributed by atoms with van der Waals surface area (Å²) < 4.78 is 5.08. The molecule has 0 unspecified atom stereocenters. The normalized spacial score (nSPS) is 13.7. The van der Waals surface area contributed by atoms with Gasteiger partial charge in [-0.1, -0.05) is 6.07 Å². The molecule has 0 aromatic heterocycles. The number of anilines is 1. The molecule has 0 spiro atoms. The van der Waals surface area contributed by atoms with Gasteiger partial charge in [-0.05, 0) is 12.1 Å². The van der Waals surface area contributed by atoms with Gasteiger partial charge in [-0.2, -0.15) is 5.10 Å². The number of methoxy groups -OCH3 is 1. The third-order valence-corrected chi connectivity index (χ3v) is 3.23. The zero-order valence-electron chi connectivity index (χ0n) is 13.0. The van der Waals surface area contributed by atoms with Crippen LogP contribution < -0.4 is 15.5 Å². The van der Waals surface area contributed by atoms with Crippen LogP contribution in [0.5, 0.6) is 5.75 Å². The summed E-state index contributed by atoms with van der Waals surface area (Å²) in [7, 11) is 3.05. The summed E-state index contributed by atoms with van der Waals surface area (Å²) in [6, 6.07) is 6.92. The molecule has 23 heavy (non-hydrogen) atoms. The molecule has 0 bridgehead atoms. The largest absolute Gasteiger partial charge is 0.497 e. The Morgan fingerprint density at radius 1 is 1.39 bits per heavy atom. The van der Waals surface area contributed by atoms with Crippen molar-refractivity contribution in [1.29, 1.82) is 0 Å². The van der Waals surface area contributed by atoms with Crippen molar-refractivity contribution < 1.29 is 19.1 Å². The van der Waals surface area contributed by atoms with E-state index < -0.39 is 0 Å². The van der Waals surface area contributed by atoms with E-state index in [0.29, 0.717) is 11.4 Å². The topological polar surface area (TPSA) is 100 Å². The van der Waals surface area contributed by atoms with E-state index in [0.717, 1.165) is 0 Å². The number of ether oxygens (including phenoxy) is 1. The van der Waals surface area contributed by atoms with Crippen LogP contribution in [-0.2, 0) is 14.4 Å². The number of rotatable bonds is 5. The fourth-order valence-corrected chi connectivity index (χ4v) is 2.04. The van der Waals surface area contributed by atoms with Gasteiger partial charge in [0.15, 0.2) is 0 Å². The maximum atomic E-state index is 12.1. The Labute approximate surface area is 133 Å². The second-order valence-corrected chi connectivity index (χ2v) is 5.03. The fourth-order valence-electron chi connectivity index (χ4n) is 2.04. The molecule has 1 aliphatic heterocycles. The molecule has 1 heterocycles. The average Bonchev–Trinajstić information content (AvgIpc) is 2.54. The predicted molar refractivity (Wildman–Crippen MR) is 84.1 cm³/mol. The minimum absolute atomic E-state index is 0.122. The molecule has 1 aliphatic rings. The first-order valence-electron chi connectivity index (χ1n) is 7.04. The van der Waals surface area contributed by atoms with E-state index in [1.165, 1.54) is 19.1 Å². The highest BCUT2D eigenvalue weighted by molar-refractivity contribution is 6.39. The molecule has 2 rings (SSSR count). The van der Waals surface area contributed by atoms with Crippen LogP contribution in [0.25, 0.3) is 0 Å². The van der Waals surface area contributed by atoms with Gasteiger partial charge >= 0.3 is 0 Å². The van der Waals surface area contributed by atoms with E-state index >= 15 is 0 Å². The molecule has 0 saturated carbocycles. The van der Waals surface area contributed by atoms with Gasteiger partial charge in [0.25, 0.3) is 5.91 Å². The van der Waals surface area contributed by atoms with Gasteiger partial charge in [-0.15, -0.1) is 0 Å². The van der Waals surface area contributed by atoms with Gasteiger partial charge in [0, 0.05) is 31.6 Å². The molecule has 3 amide bonds. The van der Waals surface area contributed by atoms with Crippen LogP contribution in [0.1, 0.15) is 12.8 Å². The number of amides is 3. The molecule has 0 fully saturated rings. The average molecular weight is 318 g/mol. The number of likely N-dealkylation sites (N-methyl/N-ethyl adjacent to an activating group) is 1. The molecule has 1 aromatic carbocycles. The third kappa shape index (κ3) is 4.53. The van der Waals surface area contributed by atoms with E-state index in [1.807, 2.05) is 0 Å². The summed E-state index contributed by atoms with van der Waals surface area (Å²) in [5, 5.41) is 6.41. The summed E-state index contributed by atoms with van der Waals surface area (Å²) in [6.07, 6.45) is 0.487. The molecule has 0 atom stereocenters. The number of hydrogen-bond acceptors (Lipinski definition) is 5. The highest BCUT2D eigenvalue weighted by Gasteiger charge is 2.22. The minimum Gasteiger partial charge on any atom is -0.497 e. The van der Waals surface area contributed by atoms with E-state index in [9.17, 15) is 14.4 Å². The molecule has 8 heteroatoms. The Bertz CT molecular complexity index is 657. The van der Waals surface area contributed by atoms with Crippen molar-refractivity contribution >= 4 is 29.1 Å². The van der Waals surface area contributed by atoms with E-state index in [1.54, 1.807) is 24.3 Å². The fraction of sp³-hybridized carbons (Fsp3) is 0.333. The lowest BCUT2D eigenvalue weighted by Crippen LogP contribution is -2.41. The number of hydrogen-bond donors (Lipinski definition) is 2. The Hall–Kier alpha value is -2.90. The minimum atomic E-state index is -0.384.